The van der Waals surface area contributed by atoms with Gasteiger partial charge in [-0.2, -0.15) is 13.2 Å². The van der Waals surface area contributed by atoms with Gasteiger partial charge in [0.15, 0.2) is 6.61 Å². The highest BCUT2D eigenvalue weighted by molar-refractivity contribution is 6.00. The van der Waals surface area contributed by atoms with Gasteiger partial charge in [0, 0.05) is 12.2 Å². The molecule has 0 aromatic heterocycles. The van der Waals surface area contributed by atoms with Gasteiger partial charge >= 0.3 is 6.18 Å². The summed E-state index contributed by atoms with van der Waals surface area (Å²) in [6, 6.07) is 6.15. The van der Waals surface area contributed by atoms with Gasteiger partial charge in [0.05, 0.1) is 11.0 Å². The number of benzene rings is 1. The average Bonchev–Trinajstić information content (AvgIpc) is 2.92. The molecule has 1 aliphatic carbocycles. The zero-order chi connectivity index (χ0) is 19.9. The molecular formula is C20H26F3NO3. The molecule has 1 saturated carbocycles. The lowest BCUT2D eigenvalue weighted by molar-refractivity contribution is -0.153. The number of anilines is 1. The van der Waals surface area contributed by atoms with Gasteiger partial charge in [-0.15, -0.1) is 0 Å². The van der Waals surface area contributed by atoms with Crippen molar-refractivity contribution in [2.75, 3.05) is 18.1 Å². The minimum absolute atomic E-state index is 0.0530. The Balaban J connectivity index is 1.65. The second-order valence-electron chi connectivity index (χ2n) is 8.14. The zero-order valence-electron chi connectivity index (χ0n) is 15.7. The summed E-state index contributed by atoms with van der Waals surface area (Å²) in [5.41, 5.74) is -0.455. The Hall–Kier alpha value is -1.76. The van der Waals surface area contributed by atoms with Crippen LogP contribution in [-0.4, -0.2) is 35.9 Å². The largest absolute Gasteiger partial charge is 0.484 e. The molecule has 1 saturated heterocycles. The molecule has 1 N–H and O–H groups in total. The molecule has 27 heavy (non-hydrogen) atoms. The summed E-state index contributed by atoms with van der Waals surface area (Å²) in [7, 11) is 0. The highest BCUT2D eigenvalue weighted by Gasteiger charge is 2.52. The Bertz CT molecular complexity index is 677. The first kappa shape index (κ1) is 20.0. The predicted octanol–water partition coefficient (Wildman–Crippen LogP) is 4.31. The van der Waals surface area contributed by atoms with Gasteiger partial charge in [0.25, 0.3) is 0 Å². The van der Waals surface area contributed by atoms with Crippen molar-refractivity contribution >= 4 is 11.6 Å². The van der Waals surface area contributed by atoms with E-state index in [2.05, 4.69) is 0 Å². The Labute approximate surface area is 157 Å². The number of alkyl halides is 3. The van der Waals surface area contributed by atoms with Crippen LogP contribution in [0.3, 0.4) is 0 Å². The van der Waals surface area contributed by atoms with Gasteiger partial charge in [-0.1, -0.05) is 13.8 Å². The first-order valence-corrected chi connectivity index (χ1v) is 9.39. The number of hydrogen-bond donors (Lipinski definition) is 1. The third kappa shape index (κ3) is 4.08. The normalized spacial score (nSPS) is 29.0. The number of aliphatic hydroxyl groups is 1. The van der Waals surface area contributed by atoms with E-state index in [9.17, 15) is 23.1 Å². The van der Waals surface area contributed by atoms with E-state index in [4.69, 9.17) is 4.74 Å². The van der Waals surface area contributed by atoms with E-state index in [0.29, 0.717) is 37.9 Å². The SMILES string of the molecule is CC(C)[C@]1(O)CC[C@]2(CCN(c3ccc(OCC(F)(F)F)cc3)C2=O)CC1. The summed E-state index contributed by atoms with van der Waals surface area (Å²) in [5, 5.41) is 10.7. The lowest BCUT2D eigenvalue weighted by Crippen LogP contribution is -2.46. The molecule has 1 aliphatic heterocycles. The van der Waals surface area contributed by atoms with Gasteiger partial charge in [-0.05, 0) is 62.3 Å². The molecule has 2 aliphatic rings. The molecule has 1 aromatic rings. The van der Waals surface area contributed by atoms with Crippen LogP contribution >= 0.6 is 0 Å². The summed E-state index contributed by atoms with van der Waals surface area (Å²) in [6.07, 6.45) is -1.06. The number of halogens is 3. The standard InChI is InChI=1S/C20H26F3NO3/c1-14(2)19(26)9-7-18(8-10-19)11-12-24(17(18)25)15-3-5-16(6-4-15)27-13-20(21,22)23/h3-6,14,26H,7-13H2,1-2H3/t18-,19+. The highest BCUT2D eigenvalue weighted by atomic mass is 19.4. The molecule has 2 fully saturated rings. The van der Waals surface area contributed by atoms with E-state index >= 15 is 0 Å². The minimum Gasteiger partial charge on any atom is -0.484 e. The van der Waals surface area contributed by atoms with E-state index in [1.165, 1.54) is 12.1 Å². The van der Waals surface area contributed by atoms with Crippen LogP contribution in [0.15, 0.2) is 24.3 Å². The number of hydrogen-bond acceptors (Lipinski definition) is 3. The second kappa shape index (κ2) is 7.00. The molecule has 0 atom stereocenters. The van der Waals surface area contributed by atoms with Crippen molar-refractivity contribution < 1.29 is 27.8 Å². The van der Waals surface area contributed by atoms with Crippen LogP contribution in [-0.2, 0) is 4.79 Å². The molecule has 1 heterocycles. The maximum Gasteiger partial charge on any atom is 0.422 e. The summed E-state index contributed by atoms with van der Waals surface area (Å²) in [5.74, 6) is 0.334. The smallest absolute Gasteiger partial charge is 0.422 e. The third-order valence-corrected chi connectivity index (χ3v) is 6.21. The summed E-state index contributed by atoms with van der Waals surface area (Å²) in [6.45, 7) is 3.25. The summed E-state index contributed by atoms with van der Waals surface area (Å²) >= 11 is 0. The average molecular weight is 385 g/mol. The van der Waals surface area contributed by atoms with Crippen molar-refractivity contribution in [2.24, 2.45) is 11.3 Å². The number of carbonyl (C=O) groups excluding carboxylic acids is 1. The molecule has 3 rings (SSSR count). The van der Waals surface area contributed by atoms with Crippen molar-refractivity contribution in [1.82, 2.24) is 0 Å². The van der Waals surface area contributed by atoms with Crippen molar-refractivity contribution in [2.45, 2.75) is 57.7 Å². The van der Waals surface area contributed by atoms with E-state index < -0.39 is 23.8 Å². The monoisotopic (exact) mass is 385 g/mol. The fourth-order valence-corrected chi connectivity index (χ4v) is 4.16. The summed E-state index contributed by atoms with van der Waals surface area (Å²) < 4.78 is 41.4. The minimum atomic E-state index is -4.38. The van der Waals surface area contributed by atoms with Crippen molar-refractivity contribution in [1.29, 1.82) is 0 Å². The molecule has 4 nitrogen and oxygen atoms in total. The molecule has 7 heteroatoms. The number of ether oxygens (including phenoxy) is 1. The van der Waals surface area contributed by atoms with Crippen molar-refractivity contribution in [3.05, 3.63) is 24.3 Å². The molecule has 1 spiro atoms. The van der Waals surface area contributed by atoms with Crippen LogP contribution in [0.1, 0.15) is 46.0 Å². The van der Waals surface area contributed by atoms with Crippen LogP contribution < -0.4 is 9.64 Å². The molecule has 0 unspecified atom stereocenters. The van der Waals surface area contributed by atoms with Crippen molar-refractivity contribution in [3.63, 3.8) is 0 Å². The van der Waals surface area contributed by atoms with E-state index in [1.54, 1.807) is 17.0 Å². The van der Waals surface area contributed by atoms with Gasteiger partial charge in [0.1, 0.15) is 5.75 Å². The van der Waals surface area contributed by atoms with E-state index in [-0.39, 0.29) is 17.6 Å². The fraction of sp³-hybridized carbons (Fsp3) is 0.650. The van der Waals surface area contributed by atoms with Crippen molar-refractivity contribution in [3.8, 4) is 5.75 Å². The molecule has 1 aromatic carbocycles. The van der Waals surface area contributed by atoms with Crippen LogP contribution in [0, 0.1) is 11.3 Å². The first-order chi connectivity index (χ1) is 12.5. The van der Waals surface area contributed by atoms with Crippen LogP contribution in [0.4, 0.5) is 18.9 Å². The molecule has 1 amide bonds. The lowest BCUT2D eigenvalue weighted by Gasteiger charge is -2.43. The van der Waals surface area contributed by atoms with Crippen LogP contribution in [0.25, 0.3) is 0 Å². The molecule has 0 bridgehead atoms. The van der Waals surface area contributed by atoms with Crippen LogP contribution in [0.2, 0.25) is 0 Å². The van der Waals surface area contributed by atoms with E-state index in [0.717, 1.165) is 6.42 Å². The maximum absolute atomic E-state index is 13.1. The van der Waals surface area contributed by atoms with Gasteiger partial charge in [-0.25, -0.2) is 0 Å². The Morgan fingerprint density at radius 3 is 2.22 bits per heavy atom. The summed E-state index contributed by atoms with van der Waals surface area (Å²) in [4.78, 5) is 14.8. The first-order valence-electron chi connectivity index (χ1n) is 9.39. The van der Waals surface area contributed by atoms with Gasteiger partial charge < -0.3 is 14.7 Å². The van der Waals surface area contributed by atoms with Gasteiger partial charge in [0.2, 0.25) is 5.91 Å². The quantitative estimate of drug-likeness (QED) is 0.840. The predicted molar refractivity (Wildman–Crippen MR) is 95.7 cm³/mol. The van der Waals surface area contributed by atoms with Gasteiger partial charge in [-0.3, -0.25) is 4.79 Å². The second-order valence-corrected chi connectivity index (χ2v) is 8.14. The molecular weight excluding hydrogens is 359 g/mol. The lowest BCUT2D eigenvalue weighted by atomic mass is 9.65. The topological polar surface area (TPSA) is 49.8 Å². The highest BCUT2D eigenvalue weighted by Crippen LogP contribution is 2.50. The maximum atomic E-state index is 13.1. The fourth-order valence-electron chi connectivity index (χ4n) is 4.16. The number of amides is 1. The number of nitrogens with zero attached hydrogens (tertiary/aromatic N) is 1. The Kier molecular flexibility index (Phi) is 5.18. The number of rotatable bonds is 4. The Morgan fingerprint density at radius 1 is 1.11 bits per heavy atom. The molecule has 0 radical (unpaired) electrons. The number of carbonyl (C=O) groups is 1. The van der Waals surface area contributed by atoms with E-state index in [1.807, 2.05) is 13.8 Å². The van der Waals surface area contributed by atoms with Crippen LogP contribution in [0.5, 0.6) is 5.75 Å². The third-order valence-electron chi connectivity index (χ3n) is 6.21. The zero-order valence-corrected chi connectivity index (χ0v) is 15.7. The molecule has 150 valence electrons. The Morgan fingerprint density at radius 2 is 1.70 bits per heavy atom.